The Hall–Kier alpha value is -2.83. The van der Waals surface area contributed by atoms with Crippen LogP contribution in [0.4, 0.5) is 0 Å². The number of hydrogen-bond donors (Lipinski definition) is 1. The Morgan fingerprint density at radius 2 is 2.04 bits per heavy atom. The standard InChI is InChI=1S/C17H21N5O2/c1-4-8-12-14(15(16(18)23)21(3)20-12)22-13-10-7-6-9-11(13)19-17(22)24-5-2/h6-7,9-10H,4-5,8H2,1-3H3,(H2,18,23). The maximum atomic E-state index is 12.0. The van der Waals surface area contributed by atoms with Gasteiger partial charge < -0.3 is 10.5 Å². The molecular formula is C17H21N5O2. The number of hydrogen-bond acceptors (Lipinski definition) is 4. The van der Waals surface area contributed by atoms with Gasteiger partial charge in [-0.2, -0.15) is 10.1 Å². The molecule has 3 aromatic rings. The fraction of sp³-hybridized carbons (Fsp3) is 0.353. The van der Waals surface area contributed by atoms with Crippen LogP contribution in [0.25, 0.3) is 16.7 Å². The molecule has 0 saturated heterocycles. The van der Waals surface area contributed by atoms with Gasteiger partial charge >= 0.3 is 6.01 Å². The van der Waals surface area contributed by atoms with Crippen LogP contribution in [0.1, 0.15) is 36.5 Å². The number of ether oxygens (including phenoxy) is 1. The largest absolute Gasteiger partial charge is 0.465 e. The molecule has 2 N–H and O–H groups in total. The van der Waals surface area contributed by atoms with E-state index in [0.717, 1.165) is 29.6 Å². The number of rotatable bonds is 6. The van der Waals surface area contributed by atoms with Crippen LogP contribution in [0.3, 0.4) is 0 Å². The molecule has 24 heavy (non-hydrogen) atoms. The molecule has 0 spiro atoms. The molecule has 126 valence electrons. The van der Waals surface area contributed by atoms with Crippen LogP contribution in [0.5, 0.6) is 6.01 Å². The average Bonchev–Trinajstić information content (AvgIpc) is 3.05. The molecule has 7 nitrogen and oxygen atoms in total. The van der Waals surface area contributed by atoms with Crippen LogP contribution >= 0.6 is 0 Å². The van der Waals surface area contributed by atoms with E-state index in [1.165, 1.54) is 4.68 Å². The molecule has 0 bridgehead atoms. The Morgan fingerprint density at radius 1 is 1.29 bits per heavy atom. The van der Waals surface area contributed by atoms with Gasteiger partial charge in [0, 0.05) is 7.05 Å². The van der Waals surface area contributed by atoms with Gasteiger partial charge in [0.2, 0.25) is 0 Å². The predicted octanol–water partition coefficient (Wildman–Crippen LogP) is 2.21. The Morgan fingerprint density at radius 3 is 2.71 bits per heavy atom. The molecule has 3 rings (SSSR count). The second kappa shape index (κ2) is 6.35. The van der Waals surface area contributed by atoms with Gasteiger partial charge in [-0.15, -0.1) is 0 Å². The van der Waals surface area contributed by atoms with E-state index in [2.05, 4.69) is 17.0 Å². The molecule has 0 saturated carbocycles. The van der Waals surface area contributed by atoms with E-state index >= 15 is 0 Å². The molecule has 1 aromatic carbocycles. The molecule has 0 aliphatic rings. The van der Waals surface area contributed by atoms with Crippen LogP contribution < -0.4 is 10.5 Å². The van der Waals surface area contributed by atoms with Crippen molar-refractivity contribution < 1.29 is 9.53 Å². The zero-order valence-electron chi connectivity index (χ0n) is 14.1. The highest BCUT2D eigenvalue weighted by Gasteiger charge is 2.25. The number of carbonyl (C=O) groups excluding carboxylic acids is 1. The lowest BCUT2D eigenvalue weighted by Gasteiger charge is -2.11. The van der Waals surface area contributed by atoms with Crippen molar-refractivity contribution in [1.29, 1.82) is 0 Å². The maximum Gasteiger partial charge on any atom is 0.302 e. The summed E-state index contributed by atoms with van der Waals surface area (Å²) in [7, 11) is 1.72. The zero-order valence-corrected chi connectivity index (χ0v) is 14.1. The van der Waals surface area contributed by atoms with Crippen LogP contribution in [0.2, 0.25) is 0 Å². The highest BCUT2D eigenvalue weighted by atomic mass is 16.5. The number of imidazole rings is 1. The number of carbonyl (C=O) groups is 1. The summed E-state index contributed by atoms with van der Waals surface area (Å²) in [6.07, 6.45) is 1.63. The summed E-state index contributed by atoms with van der Waals surface area (Å²) in [6, 6.07) is 8.13. The smallest absolute Gasteiger partial charge is 0.302 e. The van der Waals surface area contributed by atoms with Crippen molar-refractivity contribution in [2.45, 2.75) is 26.7 Å². The van der Waals surface area contributed by atoms with Gasteiger partial charge in [0.15, 0.2) is 0 Å². The van der Waals surface area contributed by atoms with Crippen molar-refractivity contribution in [3.63, 3.8) is 0 Å². The third kappa shape index (κ3) is 2.51. The van der Waals surface area contributed by atoms with Gasteiger partial charge in [-0.05, 0) is 25.5 Å². The minimum atomic E-state index is -0.525. The van der Waals surface area contributed by atoms with E-state index in [0.29, 0.717) is 24.0 Å². The maximum absolute atomic E-state index is 12.0. The van der Waals surface area contributed by atoms with Crippen LogP contribution in [0.15, 0.2) is 24.3 Å². The van der Waals surface area contributed by atoms with Gasteiger partial charge in [0.1, 0.15) is 11.4 Å². The van der Waals surface area contributed by atoms with Crippen LogP contribution in [0, 0.1) is 0 Å². The first kappa shape index (κ1) is 16.0. The van der Waals surface area contributed by atoms with E-state index < -0.39 is 5.91 Å². The number of nitrogens with zero attached hydrogens (tertiary/aromatic N) is 4. The second-order valence-electron chi connectivity index (χ2n) is 5.53. The number of benzene rings is 1. The summed E-state index contributed by atoms with van der Waals surface area (Å²) in [6.45, 7) is 4.44. The molecule has 2 aromatic heterocycles. The first-order valence-corrected chi connectivity index (χ1v) is 8.04. The number of aromatic nitrogens is 4. The summed E-state index contributed by atoms with van der Waals surface area (Å²) < 4.78 is 9.10. The first-order chi connectivity index (χ1) is 11.6. The topological polar surface area (TPSA) is 88.0 Å². The number of nitrogens with two attached hydrogens (primary N) is 1. The third-order valence-corrected chi connectivity index (χ3v) is 3.84. The molecule has 0 radical (unpaired) electrons. The lowest BCUT2D eigenvalue weighted by molar-refractivity contribution is 0.0991. The summed E-state index contributed by atoms with van der Waals surface area (Å²) in [5, 5.41) is 4.50. The number of amides is 1. The SMILES string of the molecule is CCCc1nn(C)c(C(N)=O)c1-n1c(OCC)nc2ccccc21. The van der Waals surface area contributed by atoms with E-state index in [1.807, 2.05) is 35.8 Å². The second-order valence-corrected chi connectivity index (χ2v) is 5.53. The van der Waals surface area contributed by atoms with Gasteiger partial charge in [-0.3, -0.25) is 14.0 Å². The van der Waals surface area contributed by atoms with E-state index in [-0.39, 0.29) is 0 Å². The lowest BCUT2D eigenvalue weighted by Crippen LogP contribution is -2.18. The molecule has 0 aliphatic carbocycles. The van der Waals surface area contributed by atoms with Crippen molar-refractivity contribution in [1.82, 2.24) is 19.3 Å². The number of fused-ring (bicyclic) bond motifs is 1. The normalized spacial score (nSPS) is 11.1. The molecule has 0 fully saturated rings. The van der Waals surface area contributed by atoms with Gasteiger partial charge in [-0.25, -0.2) is 0 Å². The predicted molar refractivity (Wildman–Crippen MR) is 91.5 cm³/mol. The van der Waals surface area contributed by atoms with E-state index in [4.69, 9.17) is 10.5 Å². The summed E-state index contributed by atoms with van der Waals surface area (Å²) in [4.78, 5) is 16.6. The first-order valence-electron chi connectivity index (χ1n) is 8.04. The molecule has 0 aliphatic heterocycles. The molecule has 0 atom stereocenters. The van der Waals surface area contributed by atoms with E-state index in [1.54, 1.807) is 7.05 Å². The third-order valence-electron chi connectivity index (χ3n) is 3.84. The van der Waals surface area contributed by atoms with Crippen molar-refractivity contribution in [2.24, 2.45) is 12.8 Å². The van der Waals surface area contributed by atoms with Crippen molar-refractivity contribution in [2.75, 3.05) is 6.61 Å². The Bertz CT molecular complexity index is 894. The highest BCUT2D eigenvalue weighted by molar-refractivity contribution is 5.96. The molecule has 7 heteroatoms. The minimum Gasteiger partial charge on any atom is -0.465 e. The highest BCUT2D eigenvalue weighted by Crippen LogP contribution is 2.30. The Kier molecular flexibility index (Phi) is 4.24. The molecule has 2 heterocycles. The number of primary amides is 1. The van der Waals surface area contributed by atoms with Crippen LogP contribution in [-0.2, 0) is 13.5 Å². The Balaban J connectivity index is 2.38. The van der Waals surface area contributed by atoms with E-state index in [9.17, 15) is 4.79 Å². The lowest BCUT2D eigenvalue weighted by atomic mass is 10.2. The van der Waals surface area contributed by atoms with Crippen LogP contribution in [-0.4, -0.2) is 31.8 Å². The summed E-state index contributed by atoms with van der Waals surface area (Å²) in [5.41, 5.74) is 9.08. The fourth-order valence-corrected chi connectivity index (χ4v) is 2.93. The zero-order chi connectivity index (χ0) is 17.3. The molecule has 0 unspecified atom stereocenters. The van der Waals surface area contributed by atoms with Crippen molar-refractivity contribution >= 4 is 16.9 Å². The monoisotopic (exact) mass is 327 g/mol. The fourth-order valence-electron chi connectivity index (χ4n) is 2.93. The van der Waals surface area contributed by atoms with Gasteiger partial charge in [-0.1, -0.05) is 25.5 Å². The van der Waals surface area contributed by atoms with Crippen molar-refractivity contribution in [3.05, 3.63) is 35.7 Å². The van der Waals surface area contributed by atoms with Crippen molar-refractivity contribution in [3.8, 4) is 11.7 Å². The average molecular weight is 327 g/mol. The van der Waals surface area contributed by atoms with Gasteiger partial charge in [0.25, 0.3) is 5.91 Å². The molecule has 1 amide bonds. The van der Waals surface area contributed by atoms with Gasteiger partial charge in [0.05, 0.1) is 23.3 Å². The summed E-state index contributed by atoms with van der Waals surface area (Å²) in [5.74, 6) is -0.525. The number of aryl methyl sites for hydroxylation is 2. The minimum absolute atomic E-state index is 0.350. The summed E-state index contributed by atoms with van der Waals surface area (Å²) >= 11 is 0. The Labute approximate surface area is 140 Å². The number of para-hydroxylation sites is 2. The quantitative estimate of drug-likeness (QED) is 0.752. The molecular weight excluding hydrogens is 306 g/mol.